The average molecular weight is 405 g/mol. The van der Waals surface area contributed by atoms with Gasteiger partial charge in [-0.05, 0) is 55.8 Å². The topological polar surface area (TPSA) is 40.6 Å². The highest BCUT2D eigenvalue weighted by Gasteiger charge is 2.21. The minimum atomic E-state index is -0.194. The predicted molar refractivity (Wildman–Crippen MR) is 112 cm³/mol. The van der Waals surface area contributed by atoms with Gasteiger partial charge in [0.05, 0.1) is 5.25 Å². The number of amides is 2. The molecule has 1 atom stereocenters. The second-order valence-corrected chi connectivity index (χ2v) is 8.31. The molecule has 2 aromatic carbocycles. The van der Waals surface area contributed by atoms with Crippen LogP contribution in [0.25, 0.3) is 0 Å². The molecule has 0 aliphatic rings. The van der Waals surface area contributed by atoms with E-state index in [-0.39, 0.29) is 17.1 Å². The molecule has 0 bridgehead atoms. The first kappa shape index (κ1) is 21.3. The number of carbonyl (C=O) groups excluding carboxylic acids is 2. The largest absolute Gasteiger partial charge is 0.345 e. The maximum Gasteiger partial charge on any atom is 0.253 e. The summed E-state index contributed by atoms with van der Waals surface area (Å²) in [4.78, 5) is 29.2. The van der Waals surface area contributed by atoms with Crippen molar-refractivity contribution in [2.24, 2.45) is 0 Å². The Morgan fingerprint density at radius 2 is 1.63 bits per heavy atom. The second-order valence-electron chi connectivity index (χ2n) is 6.46. The molecule has 2 aromatic rings. The zero-order valence-electron chi connectivity index (χ0n) is 16.1. The van der Waals surface area contributed by atoms with Crippen molar-refractivity contribution in [3.63, 3.8) is 0 Å². The van der Waals surface area contributed by atoms with Crippen molar-refractivity contribution in [2.75, 3.05) is 20.6 Å². The molecule has 0 saturated heterocycles. The van der Waals surface area contributed by atoms with Crippen LogP contribution in [-0.4, -0.2) is 47.5 Å². The molecule has 0 radical (unpaired) electrons. The summed E-state index contributed by atoms with van der Waals surface area (Å²) in [5.74, 6) is 0.0591. The summed E-state index contributed by atoms with van der Waals surface area (Å²) in [7, 11) is 3.46. The van der Waals surface area contributed by atoms with E-state index in [1.807, 2.05) is 67.3 Å². The summed E-state index contributed by atoms with van der Waals surface area (Å²) in [5.41, 5.74) is 1.65. The fourth-order valence-corrected chi connectivity index (χ4v) is 3.68. The fourth-order valence-electron chi connectivity index (χ4n) is 2.60. The molecule has 0 fully saturated rings. The number of thioether (sulfide) groups is 1. The van der Waals surface area contributed by atoms with Crippen LogP contribution in [0.5, 0.6) is 0 Å². The highest BCUT2D eigenvalue weighted by molar-refractivity contribution is 8.00. The van der Waals surface area contributed by atoms with Crippen LogP contribution in [-0.2, 0) is 11.3 Å². The average Bonchev–Trinajstić information content (AvgIpc) is 2.67. The molecule has 0 aliphatic heterocycles. The van der Waals surface area contributed by atoms with E-state index < -0.39 is 0 Å². The van der Waals surface area contributed by atoms with Crippen molar-refractivity contribution in [3.8, 4) is 0 Å². The maximum absolute atomic E-state index is 12.8. The van der Waals surface area contributed by atoms with E-state index in [0.29, 0.717) is 23.7 Å². The van der Waals surface area contributed by atoms with Gasteiger partial charge in [-0.1, -0.05) is 23.7 Å². The Morgan fingerprint density at radius 3 is 2.15 bits per heavy atom. The van der Waals surface area contributed by atoms with Crippen molar-refractivity contribution in [1.82, 2.24) is 9.80 Å². The molecule has 0 saturated carbocycles. The van der Waals surface area contributed by atoms with Gasteiger partial charge in [0, 0.05) is 42.7 Å². The molecular formula is C21H25ClN2O2S. The minimum Gasteiger partial charge on any atom is -0.345 e. The van der Waals surface area contributed by atoms with Crippen molar-refractivity contribution in [2.45, 2.75) is 30.5 Å². The van der Waals surface area contributed by atoms with Gasteiger partial charge in [0.25, 0.3) is 5.91 Å². The Balaban J connectivity index is 2.01. The lowest BCUT2D eigenvalue weighted by atomic mass is 10.1. The SMILES string of the molecule is CCN(Cc1ccc(C(=O)N(C)C)cc1)C(=O)C(C)Sc1ccc(Cl)cc1. The third-order valence-corrected chi connectivity index (χ3v) is 5.50. The van der Waals surface area contributed by atoms with Crippen LogP contribution in [0.3, 0.4) is 0 Å². The molecule has 2 amide bonds. The van der Waals surface area contributed by atoms with Gasteiger partial charge in [-0.25, -0.2) is 0 Å². The summed E-state index contributed by atoms with van der Waals surface area (Å²) < 4.78 is 0. The van der Waals surface area contributed by atoms with Crippen LogP contribution >= 0.6 is 23.4 Å². The van der Waals surface area contributed by atoms with Crippen molar-refractivity contribution >= 4 is 35.2 Å². The number of carbonyl (C=O) groups is 2. The predicted octanol–water partition coefficient (Wildman–Crippen LogP) is 4.57. The molecule has 2 rings (SSSR count). The molecular weight excluding hydrogens is 380 g/mol. The van der Waals surface area contributed by atoms with Gasteiger partial charge >= 0.3 is 0 Å². The quantitative estimate of drug-likeness (QED) is 0.634. The Kier molecular flexibility index (Phi) is 7.75. The number of hydrogen-bond donors (Lipinski definition) is 0. The smallest absolute Gasteiger partial charge is 0.253 e. The first-order valence-corrected chi connectivity index (χ1v) is 10.1. The van der Waals surface area contributed by atoms with Crippen LogP contribution in [0.1, 0.15) is 29.8 Å². The van der Waals surface area contributed by atoms with Crippen LogP contribution in [0.4, 0.5) is 0 Å². The van der Waals surface area contributed by atoms with E-state index in [1.165, 1.54) is 11.8 Å². The number of nitrogens with zero attached hydrogens (tertiary/aromatic N) is 2. The van der Waals surface area contributed by atoms with E-state index in [1.54, 1.807) is 19.0 Å². The Morgan fingerprint density at radius 1 is 1.04 bits per heavy atom. The summed E-state index contributed by atoms with van der Waals surface area (Å²) in [6.07, 6.45) is 0. The maximum atomic E-state index is 12.8. The molecule has 27 heavy (non-hydrogen) atoms. The summed E-state index contributed by atoms with van der Waals surface area (Å²) in [6, 6.07) is 14.9. The molecule has 4 nitrogen and oxygen atoms in total. The highest BCUT2D eigenvalue weighted by atomic mass is 35.5. The zero-order valence-corrected chi connectivity index (χ0v) is 17.7. The molecule has 0 heterocycles. The Bertz CT molecular complexity index is 776. The lowest BCUT2D eigenvalue weighted by Gasteiger charge is -2.24. The normalized spacial score (nSPS) is 11.7. The lowest BCUT2D eigenvalue weighted by molar-refractivity contribution is -0.130. The molecule has 0 aromatic heterocycles. The molecule has 1 unspecified atom stereocenters. The number of halogens is 1. The van der Waals surface area contributed by atoms with Crippen LogP contribution in [0, 0.1) is 0 Å². The van der Waals surface area contributed by atoms with Crippen molar-refractivity contribution in [1.29, 1.82) is 0 Å². The van der Waals surface area contributed by atoms with Crippen LogP contribution < -0.4 is 0 Å². The highest BCUT2D eigenvalue weighted by Crippen LogP contribution is 2.26. The summed E-state index contributed by atoms with van der Waals surface area (Å²) in [6.45, 7) is 5.05. The molecule has 6 heteroatoms. The van der Waals surface area contributed by atoms with Gasteiger partial charge in [-0.3, -0.25) is 9.59 Å². The molecule has 0 spiro atoms. The minimum absolute atomic E-state index is 0.0297. The van der Waals surface area contributed by atoms with Crippen LogP contribution in [0.15, 0.2) is 53.4 Å². The second kappa shape index (κ2) is 9.81. The van der Waals surface area contributed by atoms with Gasteiger partial charge in [0.15, 0.2) is 0 Å². The van der Waals surface area contributed by atoms with Gasteiger partial charge in [0.2, 0.25) is 5.91 Å². The first-order valence-electron chi connectivity index (χ1n) is 8.83. The lowest BCUT2D eigenvalue weighted by Crippen LogP contribution is -2.36. The van der Waals surface area contributed by atoms with Crippen molar-refractivity contribution < 1.29 is 9.59 Å². The molecule has 0 aliphatic carbocycles. The Labute approximate surface area is 170 Å². The standard InChI is InChI=1S/C21H25ClN2O2S/c1-5-24(14-16-6-8-17(9-7-16)21(26)23(3)4)20(25)15(2)27-19-12-10-18(22)11-13-19/h6-13,15H,5,14H2,1-4H3. The monoisotopic (exact) mass is 404 g/mol. The van der Waals surface area contributed by atoms with Gasteiger partial charge < -0.3 is 9.80 Å². The van der Waals surface area contributed by atoms with Crippen molar-refractivity contribution in [3.05, 3.63) is 64.7 Å². The van der Waals surface area contributed by atoms with E-state index in [4.69, 9.17) is 11.6 Å². The van der Waals surface area contributed by atoms with E-state index in [9.17, 15) is 9.59 Å². The number of hydrogen-bond acceptors (Lipinski definition) is 3. The third-order valence-electron chi connectivity index (χ3n) is 4.15. The molecule has 144 valence electrons. The Hall–Kier alpha value is -1.98. The fraction of sp³-hybridized carbons (Fsp3) is 0.333. The number of rotatable bonds is 7. The number of benzene rings is 2. The van der Waals surface area contributed by atoms with E-state index >= 15 is 0 Å². The summed E-state index contributed by atoms with van der Waals surface area (Å²) >= 11 is 7.44. The van der Waals surface area contributed by atoms with Gasteiger partial charge in [0.1, 0.15) is 0 Å². The van der Waals surface area contributed by atoms with E-state index in [2.05, 4.69) is 0 Å². The first-order chi connectivity index (χ1) is 12.8. The van der Waals surface area contributed by atoms with Gasteiger partial charge in [-0.2, -0.15) is 0 Å². The third kappa shape index (κ3) is 6.01. The zero-order chi connectivity index (χ0) is 20.0. The van der Waals surface area contributed by atoms with Gasteiger partial charge in [-0.15, -0.1) is 11.8 Å². The molecule has 0 N–H and O–H groups in total. The van der Waals surface area contributed by atoms with Crippen LogP contribution in [0.2, 0.25) is 5.02 Å². The summed E-state index contributed by atoms with van der Waals surface area (Å²) in [5, 5.41) is 0.491. The van der Waals surface area contributed by atoms with E-state index in [0.717, 1.165) is 10.5 Å².